The van der Waals surface area contributed by atoms with Crippen molar-refractivity contribution in [3.8, 4) is 5.75 Å². The van der Waals surface area contributed by atoms with E-state index >= 15 is 0 Å². The molecule has 0 amide bonds. The molecule has 1 fully saturated rings. The minimum Gasteiger partial charge on any atom is -0.492 e. The lowest BCUT2D eigenvalue weighted by Crippen LogP contribution is -2.39. The molecular weight excluding hydrogens is 306 g/mol. The van der Waals surface area contributed by atoms with E-state index in [-0.39, 0.29) is 0 Å². The van der Waals surface area contributed by atoms with Gasteiger partial charge >= 0.3 is 0 Å². The highest BCUT2D eigenvalue weighted by Crippen LogP contribution is 2.18. The summed E-state index contributed by atoms with van der Waals surface area (Å²) in [4.78, 5) is 2.48. The Morgan fingerprint density at radius 3 is 2.84 bits per heavy atom. The van der Waals surface area contributed by atoms with Crippen LogP contribution in [0.15, 0.2) is 28.7 Å². The molecule has 0 saturated carbocycles. The van der Waals surface area contributed by atoms with E-state index in [9.17, 15) is 0 Å². The predicted molar refractivity (Wildman–Crippen MR) is 80.7 cm³/mol. The van der Waals surface area contributed by atoms with Gasteiger partial charge in [-0.15, -0.1) is 0 Å². The van der Waals surface area contributed by atoms with Crippen molar-refractivity contribution in [2.45, 2.75) is 12.8 Å². The van der Waals surface area contributed by atoms with E-state index in [1.54, 1.807) is 7.11 Å². The zero-order chi connectivity index (χ0) is 13.5. The summed E-state index contributed by atoms with van der Waals surface area (Å²) in [6.07, 6.45) is 2.56. The van der Waals surface area contributed by atoms with Crippen LogP contribution in [0.5, 0.6) is 5.75 Å². The molecule has 106 valence electrons. The number of piperidine rings is 1. The fraction of sp³-hybridized carbons (Fsp3) is 0.600. The molecule has 1 aliphatic heterocycles. The fourth-order valence-electron chi connectivity index (χ4n) is 2.55. The van der Waals surface area contributed by atoms with Gasteiger partial charge in [0.15, 0.2) is 0 Å². The molecular formula is C15H22BrNO2. The number of hydrogen-bond donors (Lipinski definition) is 0. The number of hydrogen-bond acceptors (Lipinski definition) is 3. The molecule has 2 rings (SSSR count). The molecule has 1 atom stereocenters. The first-order valence-electron chi connectivity index (χ1n) is 6.87. The molecule has 4 heteroatoms. The number of ether oxygens (including phenoxy) is 2. The van der Waals surface area contributed by atoms with Crippen LogP contribution in [0.25, 0.3) is 0 Å². The number of likely N-dealkylation sites (tertiary alicyclic amines) is 1. The molecule has 0 bridgehead atoms. The first-order chi connectivity index (χ1) is 9.28. The molecule has 19 heavy (non-hydrogen) atoms. The minimum atomic E-state index is 0.687. The van der Waals surface area contributed by atoms with E-state index in [0.29, 0.717) is 5.92 Å². The summed E-state index contributed by atoms with van der Waals surface area (Å²) in [5, 5.41) is 0. The molecule has 0 radical (unpaired) electrons. The van der Waals surface area contributed by atoms with Crippen molar-refractivity contribution in [3.63, 3.8) is 0 Å². The normalized spacial score (nSPS) is 20.4. The van der Waals surface area contributed by atoms with Crippen LogP contribution in [0, 0.1) is 5.92 Å². The average Bonchev–Trinajstić information content (AvgIpc) is 2.42. The number of benzene rings is 1. The van der Waals surface area contributed by atoms with Crippen molar-refractivity contribution in [1.82, 2.24) is 4.90 Å². The molecule has 1 heterocycles. The summed E-state index contributed by atoms with van der Waals surface area (Å²) in [6.45, 7) is 4.95. The lowest BCUT2D eigenvalue weighted by atomic mass is 9.99. The van der Waals surface area contributed by atoms with Gasteiger partial charge in [-0.1, -0.05) is 15.9 Å². The second kappa shape index (κ2) is 7.88. The Kier molecular flexibility index (Phi) is 6.14. The van der Waals surface area contributed by atoms with Gasteiger partial charge in [0, 0.05) is 24.7 Å². The number of methoxy groups -OCH3 is 1. The minimum absolute atomic E-state index is 0.687. The molecule has 0 N–H and O–H groups in total. The van der Waals surface area contributed by atoms with Gasteiger partial charge in [0.2, 0.25) is 0 Å². The third kappa shape index (κ3) is 5.13. The Hall–Kier alpha value is -0.580. The maximum atomic E-state index is 5.77. The van der Waals surface area contributed by atoms with Crippen LogP contribution >= 0.6 is 15.9 Å². The van der Waals surface area contributed by atoms with Crippen molar-refractivity contribution in [2.75, 3.05) is 40.0 Å². The monoisotopic (exact) mass is 327 g/mol. The number of halogens is 1. The van der Waals surface area contributed by atoms with Crippen LogP contribution in [-0.2, 0) is 4.74 Å². The summed E-state index contributed by atoms with van der Waals surface area (Å²) in [5.41, 5.74) is 0. The van der Waals surface area contributed by atoms with Gasteiger partial charge < -0.3 is 9.47 Å². The average molecular weight is 328 g/mol. The van der Waals surface area contributed by atoms with Crippen molar-refractivity contribution >= 4 is 15.9 Å². The van der Waals surface area contributed by atoms with E-state index in [1.807, 2.05) is 24.3 Å². The van der Waals surface area contributed by atoms with Crippen LogP contribution in [0.2, 0.25) is 0 Å². The highest BCUT2D eigenvalue weighted by Gasteiger charge is 2.19. The fourth-order valence-corrected chi connectivity index (χ4v) is 2.81. The summed E-state index contributed by atoms with van der Waals surface area (Å²) < 4.78 is 12.1. The standard InChI is InChI=1S/C15H22BrNO2/c1-18-12-13-3-2-8-17(11-13)9-10-19-15-6-4-14(16)5-7-15/h4-7,13H,2-3,8-12H2,1H3. The summed E-state index contributed by atoms with van der Waals surface area (Å²) >= 11 is 3.42. The van der Waals surface area contributed by atoms with Crippen molar-refractivity contribution in [3.05, 3.63) is 28.7 Å². The van der Waals surface area contributed by atoms with Crippen LogP contribution in [-0.4, -0.2) is 44.9 Å². The van der Waals surface area contributed by atoms with Gasteiger partial charge in [-0.25, -0.2) is 0 Å². The van der Waals surface area contributed by atoms with Crippen molar-refractivity contribution in [1.29, 1.82) is 0 Å². The lowest BCUT2D eigenvalue weighted by Gasteiger charge is -2.32. The predicted octanol–water partition coefficient (Wildman–Crippen LogP) is 3.19. The first-order valence-corrected chi connectivity index (χ1v) is 7.67. The Bertz CT molecular complexity index is 367. The largest absolute Gasteiger partial charge is 0.492 e. The molecule has 1 aromatic rings. The summed E-state index contributed by atoms with van der Waals surface area (Å²) in [7, 11) is 1.79. The van der Waals surface area contributed by atoms with E-state index in [1.165, 1.54) is 19.4 Å². The molecule has 1 saturated heterocycles. The Balaban J connectivity index is 1.69. The van der Waals surface area contributed by atoms with Gasteiger partial charge in [-0.3, -0.25) is 4.90 Å². The topological polar surface area (TPSA) is 21.7 Å². The highest BCUT2D eigenvalue weighted by atomic mass is 79.9. The maximum absolute atomic E-state index is 5.77. The molecule has 3 nitrogen and oxygen atoms in total. The second-order valence-electron chi connectivity index (χ2n) is 5.07. The zero-order valence-electron chi connectivity index (χ0n) is 11.5. The maximum Gasteiger partial charge on any atom is 0.119 e. The Morgan fingerprint density at radius 2 is 2.11 bits per heavy atom. The summed E-state index contributed by atoms with van der Waals surface area (Å²) in [5.74, 6) is 1.63. The molecule has 0 spiro atoms. The van der Waals surface area contributed by atoms with Gasteiger partial charge in [-0.2, -0.15) is 0 Å². The summed E-state index contributed by atoms with van der Waals surface area (Å²) in [6, 6.07) is 8.00. The van der Waals surface area contributed by atoms with Gasteiger partial charge in [0.25, 0.3) is 0 Å². The van der Waals surface area contributed by atoms with Crippen LogP contribution in [0.4, 0.5) is 0 Å². The van der Waals surface area contributed by atoms with Crippen LogP contribution in [0.1, 0.15) is 12.8 Å². The van der Waals surface area contributed by atoms with Crippen molar-refractivity contribution in [2.24, 2.45) is 5.92 Å². The van der Waals surface area contributed by atoms with Crippen LogP contribution in [0.3, 0.4) is 0 Å². The SMILES string of the molecule is COCC1CCCN(CCOc2ccc(Br)cc2)C1. The first kappa shape index (κ1) is 14.8. The van der Waals surface area contributed by atoms with E-state index in [4.69, 9.17) is 9.47 Å². The quantitative estimate of drug-likeness (QED) is 0.801. The van der Waals surface area contributed by atoms with Gasteiger partial charge in [-0.05, 0) is 49.6 Å². The molecule has 1 aliphatic rings. The van der Waals surface area contributed by atoms with Crippen LogP contribution < -0.4 is 4.74 Å². The van der Waals surface area contributed by atoms with Gasteiger partial charge in [0.1, 0.15) is 12.4 Å². The molecule has 1 unspecified atom stereocenters. The van der Waals surface area contributed by atoms with Crippen molar-refractivity contribution < 1.29 is 9.47 Å². The molecule has 1 aromatic carbocycles. The molecule has 0 aliphatic carbocycles. The zero-order valence-corrected chi connectivity index (χ0v) is 13.1. The second-order valence-corrected chi connectivity index (χ2v) is 5.98. The smallest absolute Gasteiger partial charge is 0.119 e. The third-order valence-corrected chi connectivity index (χ3v) is 4.02. The Labute approximate surface area is 124 Å². The Morgan fingerprint density at radius 1 is 1.32 bits per heavy atom. The van der Waals surface area contributed by atoms with Gasteiger partial charge in [0.05, 0.1) is 6.61 Å². The number of nitrogens with zero attached hydrogens (tertiary/aromatic N) is 1. The van der Waals surface area contributed by atoms with E-state index < -0.39 is 0 Å². The van der Waals surface area contributed by atoms with E-state index in [0.717, 1.165) is 36.5 Å². The number of rotatable bonds is 6. The third-order valence-electron chi connectivity index (χ3n) is 3.50. The lowest BCUT2D eigenvalue weighted by molar-refractivity contribution is 0.0832. The highest BCUT2D eigenvalue weighted by molar-refractivity contribution is 9.10. The van der Waals surface area contributed by atoms with E-state index in [2.05, 4.69) is 20.8 Å². The molecule has 0 aromatic heterocycles.